The van der Waals surface area contributed by atoms with Gasteiger partial charge in [-0.3, -0.25) is 37.3 Å². The number of hydrogen-bond acceptors (Lipinski definition) is 15. The van der Waals surface area contributed by atoms with Gasteiger partial charge >= 0.3 is 39.5 Å². The maximum atomic E-state index is 13.1. The van der Waals surface area contributed by atoms with Crippen LogP contribution in [0.15, 0.2) is 0 Å². The van der Waals surface area contributed by atoms with E-state index in [0.717, 1.165) is 102 Å². The Kier molecular flexibility index (Phi) is 67.4. The van der Waals surface area contributed by atoms with Gasteiger partial charge in [0.05, 0.1) is 26.4 Å². The van der Waals surface area contributed by atoms with Crippen molar-refractivity contribution in [3.8, 4) is 0 Å². The van der Waals surface area contributed by atoms with Crippen LogP contribution in [0, 0.1) is 11.8 Å². The van der Waals surface area contributed by atoms with E-state index in [2.05, 4.69) is 41.5 Å². The molecule has 0 amide bonds. The van der Waals surface area contributed by atoms with Crippen molar-refractivity contribution in [3.63, 3.8) is 0 Å². The molecule has 3 unspecified atom stereocenters. The summed E-state index contributed by atoms with van der Waals surface area (Å²) in [6.07, 6.45) is 57.1. The fraction of sp³-hybridized carbons (Fsp3) is 0.948. The summed E-state index contributed by atoms with van der Waals surface area (Å²) in [5.41, 5.74) is 0. The maximum absolute atomic E-state index is 13.1. The van der Waals surface area contributed by atoms with Crippen LogP contribution < -0.4 is 0 Å². The molecule has 0 rings (SSSR count). The van der Waals surface area contributed by atoms with E-state index in [0.29, 0.717) is 31.6 Å². The molecule has 17 nitrogen and oxygen atoms in total. The minimum atomic E-state index is -4.96. The quantitative estimate of drug-likeness (QED) is 0.0222. The minimum Gasteiger partial charge on any atom is -0.462 e. The number of phosphoric ester groups is 2. The number of unbranched alkanes of at least 4 members (excludes halogenated alkanes) is 45. The van der Waals surface area contributed by atoms with Gasteiger partial charge in [-0.15, -0.1) is 0 Å². The Balaban J connectivity index is 5.18. The number of ether oxygens (including phenoxy) is 4. The lowest BCUT2D eigenvalue weighted by Gasteiger charge is -2.21. The third-order valence-electron chi connectivity index (χ3n) is 18.3. The Bertz CT molecular complexity index is 1860. The van der Waals surface area contributed by atoms with Crippen molar-refractivity contribution in [2.45, 2.75) is 419 Å². The lowest BCUT2D eigenvalue weighted by molar-refractivity contribution is -0.161. The van der Waals surface area contributed by atoms with Crippen LogP contribution in [0.4, 0.5) is 0 Å². The van der Waals surface area contributed by atoms with E-state index >= 15 is 0 Å². The fourth-order valence-corrected chi connectivity index (χ4v) is 13.4. The van der Waals surface area contributed by atoms with Gasteiger partial charge in [-0.2, -0.15) is 0 Å². The summed E-state index contributed by atoms with van der Waals surface area (Å²) in [7, 11) is -9.91. The summed E-state index contributed by atoms with van der Waals surface area (Å²) in [5, 5.41) is 10.6. The molecule has 96 heavy (non-hydrogen) atoms. The lowest BCUT2D eigenvalue weighted by Crippen LogP contribution is -2.30. The average Bonchev–Trinajstić information content (AvgIpc) is 1.23. The number of carbonyl (C=O) groups excluding carboxylic acids is 4. The van der Waals surface area contributed by atoms with Gasteiger partial charge < -0.3 is 33.8 Å². The molecule has 0 aliphatic heterocycles. The van der Waals surface area contributed by atoms with Gasteiger partial charge in [-0.1, -0.05) is 350 Å². The van der Waals surface area contributed by atoms with Crippen LogP contribution in [0.1, 0.15) is 401 Å². The Morgan fingerprint density at radius 3 is 0.792 bits per heavy atom. The standard InChI is InChI=1S/C77H150O17P2/c1-7-10-12-14-16-18-20-22-23-24-25-26-27-28-29-30-31-33-35-43-50-56-62-77(82)93-72(65-87-74(79)59-53-47-41-37-36-40-46-52-58-70(6)9-3)67-91-95(83,84)89-63-71(78)64-90-96(85,86)92-68-73(66-88-75(80)60-54-48-44-38-39-45-51-57-69(4)5)94-76(81)61-55-49-42-34-32-21-19-17-15-13-11-8-2/h69-73,78H,7-68H2,1-6H3,(H,83,84)(H,85,86)/t70?,71-,72-,73-/m1/s1. The number of carbonyl (C=O) groups is 4. The molecule has 0 aromatic heterocycles. The van der Waals surface area contributed by atoms with Crippen LogP contribution in [0.25, 0.3) is 0 Å². The summed E-state index contributed by atoms with van der Waals surface area (Å²) >= 11 is 0. The molecule has 0 saturated carbocycles. The molecule has 0 aliphatic rings. The molecule has 0 heterocycles. The highest BCUT2D eigenvalue weighted by Crippen LogP contribution is 2.45. The van der Waals surface area contributed by atoms with E-state index < -0.39 is 97.5 Å². The molecule has 0 spiro atoms. The van der Waals surface area contributed by atoms with Crippen molar-refractivity contribution in [3.05, 3.63) is 0 Å². The zero-order valence-electron chi connectivity index (χ0n) is 62.7. The van der Waals surface area contributed by atoms with Gasteiger partial charge in [0.2, 0.25) is 0 Å². The van der Waals surface area contributed by atoms with Gasteiger partial charge in [0.1, 0.15) is 19.3 Å². The summed E-state index contributed by atoms with van der Waals surface area (Å²) in [4.78, 5) is 72.8. The summed E-state index contributed by atoms with van der Waals surface area (Å²) in [5.74, 6) is -0.634. The molecule has 0 saturated heterocycles. The van der Waals surface area contributed by atoms with Crippen molar-refractivity contribution in [1.82, 2.24) is 0 Å². The Morgan fingerprint density at radius 2 is 0.531 bits per heavy atom. The first-order chi connectivity index (χ1) is 46.4. The van der Waals surface area contributed by atoms with Crippen molar-refractivity contribution >= 4 is 39.5 Å². The number of aliphatic hydroxyl groups is 1. The fourth-order valence-electron chi connectivity index (χ4n) is 11.8. The molecule has 3 N–H and O–H groups in total. The number of hydrogen-bond donors (Lipinski definition) is 3. The van der Waals surface area contributed by atoms with Crippen LogP contribution >= 0.6 is 15.6 Å². The number of aliphatic hydroxyl groups excluding tert-OH is 1. The Hall–Kier alpha value is -1.94. The predicted octanol–water partition coefficient (Wildman–Crippen LogP) is 22.7. The highest BCUT2D eigenvalue weighted by molar-refractivity contribution is 7.47. The topological polar surface area (TPSA) is 237 Å². The van der Waals surface area contributed by atoms with Crippen molar-refractivity contribution in [1.29, 1.82) is 0 Å². The smallest absolute Gasteiger partial charge is 0.462 e. The first-order valence-electron chi connectivity index (χ1n) is 40.0. The summed E-state index contributed by atoms with van der Waals surface area (Å²) in [6, 6.07) is 0. The van der Waals surface area contributed by atoms with Gasteiger partial charge in [0, 0.05) is 25.7 Å². The predicted molar refractivity (Wildman–Crippen MR) is 391 cm³/mol. The third kappa shape index (κ3) is 69.2. The van der Waals surface area contributed by atoms with E-state index in [1.165, 1.54) is 212 Å². The molecule has 0 bridgehead atoms. The first-order valence-corrected chi connectivity index (χ1v) is 43.0. The van der Waals surface area contributed by atoms with Gasteiger partial charge in [-0.25, -0.2) is 9.13 Å². The highest BCUT2D eigenvalue weighted by atomic mass is 31.2. The minimum absolute atomic E-state index is 0.107. The molecule has 0 aromatic carbocycles. The Labute approximate surface area is 588 Å². The van der Waals surface area contributed by atoms with Gasteiger partial charge in [-0.05, 0) is 37.5 Å². The van der Waals surface area contributed by atoms with Crippen LogP contribution in [-0.4, -0.2) is 96.7 Å². The van der Waals surface area contributed by atoms with E-state index in [4.69, 9.17) is 37.0 Å². The molecular weight excluding hydrogens is 1260 g/mol. The average molecular weight is 1410 g/mol. The van der Waals surface area contributed by atoms with Crippen molar-refractivity contribution < 1.29 is 80.2 Å². The van der Waals surface area contributed by atoms with Crippen LogP contribution in [0.3, 0.4) is 0 Å². The molecule has 6 atom stereocenters. The normalized spacial score (nSPS) is 14.3. The summed E-state index contributed by atoms with van der Waals surface area (Å²) < 4.78 is 68.5. The molecule has 570 valence electrons. The lowest BCUT2D eigenvalue weighted by atomic mass is 9.99. The van der Waals surface area contributed by atoms with Crippen LogP contribution in [-0.2, 0) is 65.4 Å². The maximum Gasteiger partial charge on any atom is 0.472 e. The van der Waals surface area contributed by atoms with Crippen LogP contribution in [0.2, 0.25) is 0 Å². The molecule has 0 aliphatic carbocycles. The highest BCUT2D eigenvalue weighted by Gasteiger charge is 2.30. The van der Waals surface area contributed by atoms with Crippen LogP contribution in [0.5, 0.6) is 0 Å². The number of phosphoric acid groups is 2. The van der Waals surface area contributed by atoms with Gasteiger partial charge in [0.15, 0.2) is 12.2 Å². The zero-order chi connectivity index (χ0) is 70.7. The van der Waals surface area contributed by atoms with E-state index in [9.17, 15) is 43.2 Å². The largest absolute Gasteiger partial charge is 0.472 e. The van der Waals surface area contributed by atoms with Crippen molar-refractivity contribution in [2.24, 2.45) is 11.8 Å². The van der Waals surface area contributed by atoms with E-state index in [1.54, 1.807) is 0 Å². The van der Waals surface area contributed by atoms with Crippen molar-refractivity contribution in [2.75, 3.05) is 39.6 Å². The second-order valence-corrected chi connectivity index (χ2v) is 31.4. The molecule has 0 aromatic rings. The summed E-state index contributed by atoms with van der Waals surface area (Å²) in [6.45, 7) is 9.54. The first kappa shape index (κ1) is 94.1. The van der Waals surface area contributed by atoms with E-state index in [-0.39, 0.29) is 25.7 Å². The zero-order valence-corrected chi connectivity index (χ0v) is 64.5. The third-order valence-corrected chi connectivity index (χ3v) is 20.2. The second kappa shape index (κ2) is 68.8. The van der Waals surface area contributed by atoms with E-state index in [1.807, 2.05) is 0 Å². The molecular formula is C77H150O17P2. The molecule has 19 heteroatoms. The molecule has 0 radical (unpaired) electrons. The number of rotatable bonds is 76. The number of esters is 4. The monoisotopic (exact) mass is 1410 g/mol. The second-order valence-electron chi connectivity index (χ2n) is 28.5. The van der Waals surface area contributed by atoms with Gasteiger partial charge in [0.25, 0.3) is 0 Å². The SMILES string of the molecule is CCCCCCCCCCCCCCCCCCCCCCCCC(=O)O[C@H](COC(=O)CCCCCCCCCCC(C)CC)COP(=O)(O)OC[C@@H](O)COP(=O)(O)OC[C@@H](COC(=O)CCCCCCCCCC(C)C)OC(=O)CCCCCCCCCCCCCC. The molecule has 0 fully saturated rings. The Morgan fingerprint density at radius 1 is 0.302 bits per heavy atom.